The summed E-state index contributed by atoms with van der Waals surface area (Å²) < 4.78 is 27.4. The highest BCUT2D eigenvalue weighted by Gasteiger charge is 2.32. The van der Waals surface area contributed by atoms with Crippen molar-refractivity contribution in [2.75, 3.05) is 18.4 Å². The molecule has 1 aliphatic heterocycles. The summed E-state index contributed by atoms with van der Waals surface area (Å²) in [5.74, 6) is -0.0175. The van der Waals surface area contributed by atoms with Crippen LogP contribution >= 0.6 is 11.3 Å². The zero-order chi connectivity index (χ0) is 22.7. The minimum atomic E-state index is -3.56. The maximum atomic E-state index is 13.0. The number of thiazole rings is 1. The highest BCUT2D eigenvalue weighted by molar-refractivity contribution is 7.89. The van der Waals surface area contributed by atoms with Crippen LogP contribution in [0.1, 0.15) is 38.2 Å². The molecule has 0 atom stereocenters. The van der Waals surface area contributed by atoms with E-state index in [1.54, 1.807) is 18.3 Å². The fraction of sp³-hybridized carbons (Fsp3) is 0.348. The van der Waals surface area contributed by atoms with E-state index in [0.717, 1.165) is 17.0 Å². The van der Waals surface area contributed by atoms with Crippen LogP contribution in [0, 0.1) is 5.92 Å². The van der Waals surface area contributed by atoms with Crippen LogP contribution in [0.5, 0.6) is 0 Å². The first-order valence-corrected chi connectivity index (χ1v) is 12.9. The van der Waals surface area contributed by atoms with Gasteiger partial charge in [-0.05, 0) is 48.6 Å². The summed E-state index contributed by atoms with van der Waals surface area (Å²) in [6.45, 7) is 4.79. The Balaban J connectivity index is 1.35. The Labute approximate surface area is 192 Å². The second kappa shape index (κ2) is 9.48. The molecule has 0 aliphatic carbocycles. The monoisotopic (exact) mass is 470 g/mol. The van der Waals surface area contributed by atoms with E-state index in [0.29, 0.717) is 41.9 Å². The topological polar surface area (TPSA) is 92.3 Å². The van der Waals surface area contributed by atoms with E-state index in [1.807, 2.05) is 35.7 Å². The van der Waals surface area contributed by atoms with Gasteiger partial charge in [-0.25, -0.2) is 13.4 Å². The quantitative estimate of drug-likeness (QED) is 0.578. The lowest BCUT2D eigenvalue weighted by atomic mass is 9.97. The molecule has 0 saturated carbocycles. The number of pyridine rings is 1. The van der Waals surface area contributed by atoms with Crippen molar-refractivity contribution in [1.29, 1.82) is 0 Å². The van der Waals surface area contributed by atoms with E-state index in [9.17, 15) is 13.2 Å². The minimum Gasteiger partial charge on any atom is -0.302 e. The molecule has 0 spiro atoms. The van der Waals surface area contributed by atoms with Crippen molar-refractivity contribution in [2.24, 2.45) is 5.92 Å². The molecule has 1 fully saturated rings. The maximum Gasteiger partial charge on any atom is 0.243 e. The molecule has 3 aromatic rings. The van der Waals surface area contributed by atoms with E-state index in [-0.39, 0.29) is 11.8 Å². The van der Waals surface area contributed by atoms with Gasteiger partial charge >= 0.3 is 0 Å². The highest BCUT2D eigenvalue weighted by Crippen LogP contribution is 2.28. The van der Waals surface area contributed by atoms with Gasteiger partial charge in [-0.15, -0.1) is 11.3 Å². The fourth-order valence-corrected chi connectivity index (χ4v) is 5.88. The molecule has 3 heterocycles. The van der Waals surface area contributed by atoms with Gasteiger partial charge in [-0.3, -0.25) is 9.78 Å². The maximum absolute atomic E-state index is 13.0. The van der Waals surface area contributed by atoms with Crippen LogP contribution in [0.25, 0.3) is 11.4 Å². The first-order valence-electron chi connectivity index (χ1n) is 10.6. The van der Waals surface area contributed by atoms with Crippen molar-refractivity contribution < 1.29 is 13.2 Å². The van der Waals surface area contributed by atoms with Crippen LogP contribution in [0.4, 0.5) is 5.13 Å². The van der Waals surface area contributed by atoms with Crippen molar-refractivity contribution in [3.8, 4) is 11.4 Å². The zero-order valence-corrected chi connectivity index (χ0v) is 19.7. The molecular formula is C23H26N4O3S2. The summed E-state index contributed by atoms with van der Waals surface area (Å²) in [6.07, 6.45) is 2.66. The Morgan fingerprint density at radius 1 is 1.09 bits per heavy atom. The van der Waals surface area contributed by atoms with Crippen LogP contribution in [0.2, 0.25) is 0 Å². The minimum absolute atomic E-state index is 0.120. The molecule has 9 heteroatoms. The molecule has 168 valence electrons. The number of rotatable bonds is 6. The number of carbonyl (C=O) groups excluding carboxylic acids is 1. The van der Waals surface area contributed by atoms with Gasteiger partial charge in [-0.1, -0.05) is 32.0 Å². The van der Waals surface area contributed by atoms with Gasteiger partial charge < -0.3 is 5.32 Å². The molecule has 1 aliphatic rings. The lowest BCUT2D eigenvalue weighted by Gasteiger charge is -2.30. The Hall–Kier alpha value is -2.62. The van der Waals surface area contributed by atoms with E-state index in [1.165, 1.54) is 15.6 Å². The second-order valence-electron chi connectivity index (χ2n) is 8.14. The second-order valence-corrected chi connectivity index (χ2v) is 10.9. The standard InChI is InChI=1S/C23H26N4O3S2/c1-16(2)17-6-8-19(9-7-17)32(29,30)27-13-10-18(11-14-27)22(28)26-23-25-21(15-31-23)20-5-3-4-12-24-20/h3-9,12,15-16,18H,10-11,13-14H2,1-2H3,(H,25,26,28). The molecule has 1 amide bonds. The van der Waals surface area contributed by atoms with Gasteiger partial charge in [0.15, 0.2) is 5.13 Å². The van der Waals surface area contributed by atoms with Crippen LogP contribution in [-0.4, -0.2) is 41.7 Å². The lowest BCUT2D eigenvalue weighted by molar-refractivity contribution is -0.120. The number of aromatic nitrogens is 2. The number of anilines is 1. The number of carbonyl (C=O) groups is 1. The molecule has 32 heavy (non-hydrogen) atoms. The molecule has 0 radical (unpaired) electrons. The molecular weight excluding hydrogens is 444 g/mol. The van der Waals surface area contributed by atoms with Gasteiger partial charge in [0.2, 0.25) is 15.9 Å². The average Bonchev–Trinajstić information content (AvgIpc) is 3.28. The molecule has 0 unspecified atom stereocenters. The van der Waals surface area contributed by atoms with Gasteiger partial charge in [0, 0.05) is 30.6 Å². The Morgan fingerprint density at radius 3 is 2.44 bits per heavy atom. The van der Waals surface area contributed by atoms with Gasteiger partial charge in [0.25, 0.3) is 0 Å². The van der Waals surface area contributed by atoms with Crippen molar-refractivity contribution in [3.05, 3.63) is 59.6 Å². The Morgan fingerprint density at radius 2 is 1.81 bits per heavy atom. The number of hydrogen-bond donors (Lipinski definition) is 1. The third-order valence-electron chi connectivity index (χ3n) is 5.67. The van der Waals surface area contributed by atoms with E-state index < -0.39 is 10.0 Å². The van der Waals surface area contributed by atoms with E-state index >= 15 is 0 Å². The van der Waals surface area contributed by atoms with Gasteiger partial charge in [-0.2, -0.15) is 4.31 Å². The number of piperidine rings is 1. The first-order chi connectivity index (χ1) is 15.3. The van der Waals surface area contributed by atoms with E-state index in [4.69, 9.17) is 0 Å². The molecule has 7 nitrogen and oxygen atoms in total. The summed E-state index contributed by atoms with van der Waals surface area (Å²) in [4.78, 5) is 21.7. The largest absolute Gasteiger partial charge is 0.302 e. The number of amides is 1. The lowest BCUT2D eigenvalue weighted by Crippen LogP contribution is -2.41. The SMILES string of the molecule is CC(C)c1ccc(S(=O)(=O)N2CCC(C(=O)Nc3nc(-c4ccccn4)cs3)CC2)cc1. The predicted molar refractivity (Wildman–Crippen MR) is 126 cm³/mol. The van der Waals surface area contributed by atoms with Crippen LogP contribution in [-0.2, 0) is 14.8 Å². The van der Waals surface area contributed by atoms with Crippen LogP contribution in [0.15, 0.2) is 58.9 Å². The average molecular weight is 471 g/mol. The molecule has 1 N–H and O–H groups in total. The van der Waals surface area contributed by atoms with Gasteiger partial charge in [0.1, 0.15) is 5.69 Å². The summed E-state index contributed by atoms with van der Waals surface area (Å²) >= 11 is 1.35. The van der Waals surface area contributed by atoms with Crippen LogP contribution < -0.4 is 5.32 Å². The van der Waals surface area contributed by atoms with Gasteiger partial charge in [0.05, 0.1) is 10.6 Å². The summed E-state index contributed by atoms with van der Waals surface area (Å²) in [7, 11) is -3.56. The number of hydrogen-bond acceptors (Lipinski definition) is 6. The first kappa shape index (κ1) is 22.6. The predicted octanol–water partition coefficient (Wildman–Crippen LogP) is 4.37. The summed E-state index contributed by atoms with van der Waals surface area (Å²) in [6, 6.07) is 12.7. The third kappa shape index (κ3) is 4.90. The number of benzene rings is 1. The Kier molecular flexibility index (Phi) is 6.68. The smallest absolute Gasteiger partial charge is 0.243 e. The summed E-state index contributed by atoms with van der Waals surface area (Å²) in [5, 5.41) is 5.26. The van der Waals surface area contributed by atoms with Crippen molar-refractivity contribution in [1.82, 2.24) is 14.3 Å². The van der Waals surface area contributed by atoms with Crippen molar-refractivity contribution >= 4 is 32.4 Å². The Bertz CT molecular complexity index is 1170. The molecule has 2 aromatic heterocycles. The highest BCUT2D eigenvalue weighted by atomic mass is 32.2. The third-order valence-corrected chi connectivity index (χ3v) is 8.34. The number of nitrogens with one attached hydrogen (secondary N) is 1. The normalized spacial score (nSPS) is 15.7. The zero-order valence-electron chi connectivity index (χ0n) is 18.1. The molecule has 4 rings (SSSR count). The molecule has 1 aromatic carbocycles. The number of nitrogens with zero attached hydrogens (tertiary/aromatic N) is 3. The number of sulfonamides is 1. The molecule has 0 bridgehead atoms. The van der Waals surface area contributed by atoms with E-state index in [2.05, 4.69) is 29.1 Å². The molecule has 1 saturated heterocycles. The van der Waals surface area contributed by atoms with Crippen molar-refractivity contribution in [3.63, 3.8) is 0 Å². The van der Waals surface area contributed by atoms with Crippen LogP contribution in [0.3, 0.4) is 0 Å². The van der Waals surface area contributed by atoms with Crippen molar-refractivity contribution in [2.45, 2.75) is 37.5 Å². The summed E-state index contributed by atoms with van der Waals surface area (Å²) in [5.41, 5.74) is 2.58. The fourth-order valence-electron chi connectivity index (χ4n) is 3.70.